The van der Waals surface area contributed by atoms with Gasteiger partial charge in [-0.25, -0.2) is 0 Å². The van der Waals surface area contributed by atoms with E-state index in [1.54, 1.807) is 18.7 Å². The fraction of sp³-hybridized carbons (Fsp3) is 0.273. The van der Waals surface area contributed by atoms with Crippen molar-refractivity contribution in [1.29, 1.82) is 0 Å². The Morgan fingerprint density at radius 1 is 1.13 bits per heavy atom. The average Bonchev–Trinajstić information content (AvgIpc) is 2.17. The summed E-state index contributed by atoms with van der Waals surface area (Å²) in [6.07, 6.45) is 2.02. The number of thioether (sulfide) groups is 1. The molecule has 1 aromatic carbocycles. The van der Waals surface area contributed by atoms with Crippen LogP contribution in [0.15, 0.2) is 29.2 Å². The number of ketones is 1. The zero-order valence-corrected chi connectivity index (χ0v) is 10.5. The second kappa shape index (κ2) is 7.49. The lowest BCUT2D eigenvalue weighted by Gasteiger charge is -1.96. The number of carbonyl (C=O) groups excluding carboxylic acids is 2. The van der Waals surface area contributed by atoms with Gasteiger partial charge in [0.25, 0.3) is 0 Å². The molecule has 0 saturated carbocycles. The minimum Gasteiger partial charge on any atom is -0.295 e. The number of hydrogen-bond acceptors (Lipinski definition) is 3. The molecule has 0 aliphatic carbocycles. The summed E-state index contributed by atoms with van der Waals surface area (Å²) in [6, 6.07) is 7.63. The van der Waals surface area contributed by atoms with Gasteiger partial charge in [-0.1, -0.05) is 12.1 Å². The minimum absolute atomic E-state index is 0.123. The molecule has 0 N–H and O–H groups in total. The Labute approximate surface area is 99.0 Å². The molecule has 0 aromatic heterocycles. The van der Waals surface area contributed by atoms with Gasteiger partial charge in [0.05, 0.1) is 0 Å². The summed E-state index contributed by atoms with van der Waals surface area (Å²) in [5.74, 6) is 0.123. The predicted octanol–water partition coefficient (Wildman–Crippen LogP) is 3.38. The first kappa shape index (κ1) is 14.2. The number of carbonyl (C=O) groups is 2. The second-order valence-corrected chi connectivity index (χ2v) is 4.17. The molecule has 0 aliphatic heterocycles. The highest BCUT2D eigenvalue weighted by Crippen LogP contribution is 2.14. The molecule has 0 radical (unpaired) electrons. The summed E-state index contributed by atoms with van der Waals surface area (Å²) < 4.78 is 0. The average molecular weight is 245 g/mol. The van der Waals surface area contributed by atoms with E-state index < -0.39 is 0 Å². The van der Waals surface area contributed by atoms with E-state index >= 15 is 0 Å². The van der Waals surface area contributed by atoms with Gasteiger partial charge in [0.15, 0.2) is 5.78 Å². The zero-order valence-electron chi connectivity index (χ0n) is 8.91. The van der Waals surface area contributed by atoms with Gasteiger partial charge in [0, 0.05) is 17.4 Å². The molecular weight excluding hydrogens is 232 g/mol. The van der Waals surface area contributed by atoms with Crippen molar-refractivity contribution in [2.24, 2.45) is 0 Å². The van der Waals surface area contributed by atoms with Crippen LogP contribution in [-0.4, -0.2) is 17.3 Å². The molecule has 1 rings (SSSR count). The van der Waals surface area contributed by atoms with Crippen LogP contribution < -0.4 is 0 Å². The first-order chi connectivity index (χ1) is 6.97. The van der Waals surface area contributed by atoms with Gasteiger partial charge >= 0.3 is 0 Å². The molecule has 0 aliphatic rings. The van der Waals surface area contributed by atoms with E-state index in [4.69, 9.17) is 0 Å². The molecular formula is C11H13ClO2S. The molecule has 0 fully saturated rings. The first-order valence-corrected chi connectivity index (χ1v) is 5.88. The van der Waals surface area contributed by atoms with Crippen molar-refractivity contribution in [3.8, 4) is 0 Å². The molecule has 0 heterocycles. The van der Waals surface area contributed by atoms with E-state index in [0.717, 1.165) is 5.56 Å². The summed E-state index contributed by atoms with van der Waals surface area (Å²) in [7, 11) is 0. The van der Waals surface area contributed by atoms with Crippen molar-refractivity contribution in [2.75, 3.05) is 6.26 Å². The summed E-state index contributed by atoms with van der Waals surface area (Å²) in [5.41, 5.74) is 0.780. The van der Waals surface area contributed by atoms with Gasteiger partial charge in [-0.15, -0.1) is 11.8 Å². The normalized spacial score (nSPS) is 8.80. The summed E-state index contributed by atoms with van der Waals surface area (Å²) >= 11 is 6.31. The molecule has 0 amide bonds. The third-order valence-corrected chi connectivity index (χ3v) is 2.24. The van der Waals surface area contributed by atoms with Gasteiger partial charge < -0.3 is 0 Å². The maximum absolute atomic E-state index is 10.8. The van der Waals surface area contributed by atoms with Crippen LogP contribution in [-0.2, 0) is 4.79 Å². The third-order valence-electron chi connectivity index (χ3n) is 1.50. The number of halogens is 1. The van der Waals surface area contributed by atoms with Gasteiger partial charge in [-0.05, 0) is 36.9 Å². The van der Waals surface area contributed by atoms with Crippen LogP contribution in [0.4, 0.5) is 0 Å². The van der Waals surface area contributed by atoms with E-state index in [1.165, 1.54) is 11.8 Å². The fourth-order valence-corrected chi connectivity index (χ4v) is 1.23. The molecule has 0 bridgehead atoms. The molecule has 15 heavy (non-hydrogen) atoms. The van der Waals surface area contributed by atoms with Gasteiger partial charge in [0.1, 0.15) is 0 Å². The van der Waals surface area contributed by atoms with Crippen molar-refractivity contribution in [3.63, 3.8) is 0 Å². The van der Waals surface area contributed by atoms with Crippen molar-refractivity contribution >= 4 is 34.4 Å². The first-order valence-electron chi connectivity index (χ1n) is 4.28. The number of Topliss-reactive ketones (excluding diaryl/α,β-unsaturated/α-hetero) is 1. The minimum atomic E-state index is -0.361. The van der Waals surface area contributed by atoms with E-state index in [1.807, 2.05) is 30.5 Å². The van der Waals surface area contributed by atoms with Gasteiger partial charge in [0.2, 0.25) is 5.24 Å². The SMILES string of the molecule is CC(=O)Cl.CSc1ccc(C(C)=O)cc1. The Morgan fingerprint density at radius 2 is 1.53 bits per heavy atom. The lowest BCUT2D eigenvalue weighted by Crippen LogP contribution is -1.89. The Hall–Kier alpha value is -0.800. The fourth-order valence-electron chi connectivity index (χ4n) is 0.826. The molecule has 0 atom stereocenters. The molecule has 0 spiro atoms. The summed E-state index contributed by atoms with van der Waals surface area (Å²) in [5, 5.41) is -0.361. The van der Waals surface area contributed by atoms with Crippen molar-refractivity contribution in [3.05, 3.63) is 29.8 Å². The maximum Gasteiger partial charge on any atom is 0.218 e. The van der Waals surface area contributed by atoms with Crippen LogP contribution in [0.5, 0.6) is 0 Å². The highest BCUT2D eigenvalue weighted by molar-refractivity contribution is 7.98. The molecule has 1 aromatic rings. The molecule has 0 saturated heterocycles. The molecule has 0 unspecified atom stereocenters. The van der Waals surface area contributed by atoms with Crippen LogP contribution in [0.3, 0.4) is 0 Å². The predicted molar refractivity (Wildman–Crippen MR) is 64.8 cm³/mol. The Balaban J connectivity index is 0.000000423. The van der Waals surface area contributed by atoms with Crippen molar-refractivity contribution in [1.82, 2.24) is 0 Å². The van der Waals surface area contributed by atoms with Crippen molar-refractivity contribution in [2.45, 2.75) is 18.7 Å². The largest absolute Gasteiger partial charge is 0.295 e. The molecule has 2 nitrogen and oxygen atoms in total. The van der Waals surface area contributed by atoms with Gasteiger partial charge in [-0.2, -0.15) is 0 Å². The third kappa shape index (κ3) is 7.17. The van der Waals surface area contributed by atoms with Crippen LogP contribution in [0.2, 0.25) is 0 Å². The second-order valence-electron chi connectivity index (χ2n) is 2.75. The Kier molecular flexibility index (Phi) is 7.09. The lowest BCUT2D eigenvalue weighted by molar-refractivity contribution is -0.109. The monoisotopic (exact) mass is 244 g/mol. The smallest absolute Gasteiger partial charge is 0.218 e. The highest BCUT2D eigenvalue weighted by atomic mass is 35.5. The quantitative estimate of drug-likeness (QED) is 0.454. The Bertz CT molecular complexity index is 329. The molecule has 4 heteroatoms. The van der Waals surface area contributed by atoms with Gasteiger partial charge in [-0.3, -0.25) is 9.59 Å². The lowest BCUT2D eigenvalue weighted by atomic mass is 10.2. The summed E-state index contributed by atoms with van der Waals surface area (Å²) in [6.45, 7) is 2.87. The topological polar surface area (TPSA) is 34.1 Å². The van der Waals surface area contributed by atoms with Crippen LogP contribution >= 0.6 is 23.4 Å². The van der Waals surface area contributed by atoms with E-state index in [-0.39, 0.29) is 11.0 Å². The molecule has 82 valence electrons. The number of benzene rings is 1. The van der Waals surface area contributed by atoms with E-state index in [2.05, 4.69) is 11.6 Å². The highest BCUT2D eigenvalue weighted by Gasteiger charge is 1.96. The summed E-state index contributed by atoms with van der Waals surface area (Å²) in [4.78, 5) is 21.2. The number of hydrogen-bond donors (Lipinski definition) is 0. The Morgan fingerprint density at radius 3 is 1.80 bits per heavy atom. The maximum atomic E-state index is 10.8. The standard InChI is InChI=1S/C9H10OS.C2H3ClO/c1-7(10)8-3-5-9(11-2)6-4-8;1-2(3)4/h3-6H,1-2H3;1H3. The zero-order chi connectivity index (χ0) is 11.8. The number of rotatable bonds is 2. The van der Waals surface area contributed by atoms with Crippen LogP contribution in [0.1, 0.15) is 24.2 Å². The van der Waals surface area contributed by atoms with E-state index in [9.17, 15) is 9.59 Å². The van der Waals surface area contributed by atoms with Crippen molar-refractivity contribution < 1.29 is 9.59 Å². The van der Waals surface area contributed by atoms with E-state index in [0.29, 0.717) is 0 Å². The van der Waals surface area contributed by atoms with Crippen LogP contribution in [0, 0.1) is 0 Å². The van der Waals surface area contributed by atoms with Crippen LogP contribution in [0.25, 0.3) is 0 Å².